The van der Waals surface area contributed by atoms with E-state index in [4.69, 9.17) is 15.2 Å². The van der Waals surface area contributed by atoms with Crippen LogP contribution in [0.2, 0.25) is 0 Å². The zero-order valence-corrected chi connectivity index (χ0v) is 10.8. The molecule has 0 saturated carbocycles. The molecule has 18 heavy (non-hydrogen) atoms. The van der Waals surface area contributed by atoms with Gasteiger partial charge in [-0.1, -0.05) is 0 Å². The summed E-state index contributed by atoms with van der Waals surface area (Å²) in [5.41, 5.74) is 6.24. The molecule has 0 fully saturated rings. The lowest BCUT2D eigenvalue weighted by Crippen LogP contribution is -2.01. The van der Waals surface area contributed by atoms with Crippen LogP contribution in [-0.2, 0) is 4.79 Å². The summed E-state index contributed by atoms with van der Waals surface area (Å²) in [6, 6.07) is 5.35. The van der Waals surface area contributed by atoms with Crippen LogP contribution in [-0.4, -0.2) is 25.3 Å². The van der Waals surface area contributed by atoms with E-state index in [1.54, 1.807) is 38.5 Å². The largest absolute Gasteiger partial charge is 0.497 e. The van der Waals surface area contributed by atoms with Crippen molar-refractivity contribution >= 4 is 28.9 Å². The Morgan fingerprint density at radius 3 is 2.67 bits per heavy atom. The van der Waals surface area contributed by atoms with Gasteiger partial charge in [0, 0.05) is 5.56 Å². The minimum Gasteiger partial charge on any atom is -0.497 e. The molecule has 2 N–H and O–H groups in total. The molecule has 6 heteroatoms. The van der Waals surface area contributed by atoms with Crippen LogP contribution < -0.4 is 15.2 Å². The number of rotatable bonds is 3. The summed E-state index contributed by atoms with van der Waals surface area (Å²) in [4.78, 5) is 15.6. The molecular weight excluding hydrogens is 252 g/mol. The van der Waals surface area contributed by atoms with Crippen molar-refractivity contribution in [3.05, 3.63) is 28.7 Å². The van der Waals surface area contributed by atoms with E-state index in [0.29, 0.717) is 16.4 Å². The molecule has 5 nitrogen and oxygen atoms in total. The molecule has 0 radical (unpaired) electrons. The van der Waals surface area contributed by atoms with Crippen molar-refractivity contribution in [1.29, 1.82) is 0 Å². The van der Waals surface area contributed by atoms with Crippen LogP contribution in [0.25, 0.3) is 6.08 Å². The third kappa shape index (κ3) is 2.48. The maximum atomic E-state index is 11.5. The zero-order chi connectivity index (χ0) is 13.1. The van der Waals surface area contributed by atoms with Gasteiger partial charge < -0.3 is 15.2 Å². The van der Waals surface area contributed by atoms with E-state index in [9.17, 15) is 4.79 Å². The van der Waals surface area contributed by atoms with E-state index < -0.39 is 0 Å². The number of carbonyl (C=O) groups excluding carboxylic acids is 1. The third-order valence-electron chi connectivity index (χ3n) is 2.36. The molecule has 0 atom stereocenters. The van der Waals surface area contributed by atoms with E-state index in [2.05, 4.69) is 4.99 Å². The fourth-order valence-corrected chi connectivity index (χ4v) is 2.19. The van der Waals surface area contributed by atoms with Crippen LogP contribution in [0.3, 0.4) is 0 Å². The van der Waals surface area contributed by atoms with Crippen LogP contribution >= 0.6 is 11.8 Å². The van der Waals surface area contributed by atoms with Gasteiger partial charge in [0.25, 0.3) is 5.91 Å². The first kappa shape index (κ1) is 12.5. The van der Waals surface area contributed by atoms with Gasteiger partial charge in [-0.25, -0.2) is 0 Å². The molecule has 1 amide bonds. The molecule has 1 aromatic carbocycles. The normalized spacial score (nSPS) is 16.9. The van der Waals surface area contributed by atoms with Crippen LogP contribution in [0.1, 0.15) is 5.56 Å². The molecular formula is C12H12N2O3S. The zero-order valence-electron chi connectivity index (χ0n) is 9.97. The highest BCUT2D eigenvalue weighted by Gasteiger charge is 2.20. The third-order valence-corrected chi connectivity index (χ3v) is 3.17. The van der Waals surface area contributed by atoms with Crippen molar-refractivity contribution in [3.8, 4) is 11.5 Å². The summed E-state index contributed by atoms with van der Waals surface area (Å²) < 4.78 is 10.4. The number of hydrogen-bond acceptors (Lipinski definition) is 5. The van der Waals surface area contributed by atoms with Crippen LogP contribution in [0.15, 0.2) is 28.1 Å². The summed E-state index contributed by atoms with van der Waals surface area (Å²) in [7, 11) is 3.15. The lowest BCUT2D eigenvalue weighted by molar-refractivity contribution is -0.113. The first-order chi connectivity index (χ1) is 8.63. The fraction of sp³-hybridized carbons (Fsp3) is 0.167. The second-order valence-corrected chi connectivity index (χ2v) is 4.54. The number of amides is 1. The van der Waals surface area contributed by atoms with E-state index >= 15 is 0 Å². The minimum absolute atomic E-state index is 0.258. The van der Waals surface area contributed by atoms with Crippen molar-refractivity contribution in [2.24, 2.45) is 10.7 Å². The quantitative estimate of drug-likeness (QED) is 0.840. The molecule has 0 spiro atoms. The average Bonchev–Trinajstić information content (AvgIpc) is 2.67. The first-order valence-electron chi connectivity index (χ1n) is 5.14. The van der Waals surface area contributed by atoms with Gasteiger partial charge in [-0.15, -0.1) is 0 Å². The van der Waals surface area contributed by atoms with Gasteiger partial charge in [0.2, 0.25) is 0 Å². The Hall–Kier alpha value is -1.95. The van der Waals surface area contributed by atoms with Crippen molar-refractivity contribution in [2.75, 3.05) is 14.2 Å². The Balaban J connectivity index is 2.39. The summed E-state index contributed by atoms with van der Waals surface area (Å²) in [6.45, 7) is 0. The van der Waals surface area contributed by atoms with Crippen molar-refractivity contribution in [3.63, 3.8) is 0 Å². The maximum absolute atomic E-state index is 11.5. The lowest BCUT2D eigenvalue weighted by Gasteiger charge is -2.07. The number of nitrogens with two attached hydrogens (primary N) is 1. The van der Waals surface area contributed by atoms with Gasteiger partial charge in [-0.3, -0.25) is 4.79 Å². The van der Waals surface area contributed by atoms with Crippen LogP contribution in [0.4, 0.5) is 0 Å². The fourth-order valence-electron chi connectivity index (χ4n) is 1.52. The average molecular weight is 264 g/mol. The second-order valence-electron chi connectivity index (χ2n) is 3.47. The number of amidine groups is 1. The van der Waals surface area contributed by atoms with Gasteiger partial charge in [-0.2, -0.15) is 4.99 Å². The number of hydrogen-bond donors (Lipinski definition) is 1. The Bertz CT molecular complexity index is 552. The van der Waals surface area contributed by atoms with E-state index in [1.807, 2.05) is 0 Å². The summed E-state index contributed by atoms with van der Waals surface area (Å²) in [6.07, 6.45) is 1.69. The summed E-state index contributed by atoms with van der Waals surface area (Å²) in [5.74, 6) is 1.01. The molecule has 1 aliphatic heterocycles. The number of thioether (sulfide) groups is 1. The number of aliphatic imine (C=N–C) groups is 1. The Morgan fingerprint density at radius 1 is 1.33 bits per heavy atom. The molecule has 0 unspecified atom stereocenters. The Labute approximate surface area is 109 Å². The molecule has 1 aromatic rings. The molecule has 94 valence electrons. The Kier molecular flexibility index (Phi) is 3.57. The standard InChI is InChI=1S/C12H12N2O3S/c1-16-8-3-4-9(17-2)7(5-8)6-10-11(15)14-12(13)18-10/h3-6H,1-2H3,(H2,13,14,15)/b10-6-. The predicted molar refractivity (Wildman–Crippen MR) is 71.7 cm³/mol. The van der Waals surface area contributed by atoms with Gasteiger partial charge >= 0.3 is 0 Å². The van der Waals surface area contributed by atoms with Gasteiger partial charge in [-0.05, 0) is 36.0 Å². The van der Waals surface area contributed by atoms with E-state index in [0.717, 1.165) is 17.3 Å². The van der Waals surface area contributed by atoms with Crippen LogP contribution in [0, 0.1) is 0 Å². The molecule has 1 aliphatic rings. The highest BCUT2D eigenvalue weighted by Crippen LogP contribution is 2.31. The molecule has 2 rings (SSSR count). The molecule has 0 aromatic heterocycles. The molecule has 1 heterocycles. The summed E-state index contributed by atoms with van der Waals surface area (Å²) in [5, 5.41) is 0.258. The predicted octanol–water partition coefficient (Wildman–Crippen LogP) is 1.63. The smallest absolute Gasteiger partial charge is 0.286 e. The number of nitrogens with zero attached hydrogens (tertiary/aromatic N) is 1. The monoisotopic (exact) mass is 264 g/mol. The highest BCUT2D eigenvalue weighted by atomic mass is 32.2. The maximum Gasteiger partial charge on any atom is 0.286 e. The van der Waals surface area contributed by atoms with Gasteiger partial charge in [0.15, 0.2) is 5.17 Å². The molecule has 0 bridgehead atoms. The SMILES string of the molecule is COc1ccc(OC)c(/C=C2\SC(N)=NC2=O)c1. The van der Waals surface area contributed by atoms with E-state index in [1.165, 1.54) is 0 Å². The van der Waals surface area contributed by atoms with Gasteiger partial charge in [0.05, 0.1) is 19.1 Å². The second kappa shape index (κ2) is 5.14. The topological polar surface area (TPSA) is 73.9 Å². The lowest BCUT2D eigenvalue weighted by atomic mass is 10.1. The first-order valence-corrected chi connectivity index (χ1v) is 5.95. The van der Waals surface area contributed by atoms with Crippen LogP contribution in [0.5, 0.6) is 11.5 Å². The molecule has 0 saturated heterocycles. The van der Waals surface area contributed by atoms with Gasteiger partial charge in [0.1, 0.15) is 11.5 Å². The minimum atomic E-state index is -0.331. The Morgan fingerprint density at radius 2 is 2.11 bits per heavy atom. The number of methoxy groups -OCH3 is 2. The number of ether oxygens (including phenoxy) is 2. The van der Waals surface area contributed by atoms with Crippen molar-refractivity contribution < 1.29 is 14.3 Å². The molecule has 0 aliphatic carbocycles. The number of benzene rings is 1. The van der Waals surface area contributed by atoms with Crippen molar-refractivity contribution in [1.82, 2.24) is 0 Å². The van der Waals surface area contributed by atoms with E-state index in [-0.39, 0.29) is 11.1 Å². The summed E-state index contributed by atoms with van der Waals surface area (Å²) >= 11 is 1.14. The highest BCUT2D eigenvalue weighted by molar-refractivity contribution is 8.18. The number of carbonyl (C=O) groups is 1. The van der Waals surface area contributed by atoms with Crippen molar-refractivity contribution in [2.45, 2.75) is 0 Å².